The van der Waals surface area contributed by atoms with Crippen LogP contribution in [0.25, 0.3) is 0 Å². The lowest BCUT2D eigenvalue weighted by Gasteiger charge is -2.02. The summed E-state index contributed by atoms with van der Waals surface area (Å²) in [6.07, 6.45) is 1.47. The minimum absolute atomic E-state index is 0.105. The molecule has 0 spiro atoms. The molecule has 1 aromatic carbocycles. The van der Waals surface area contributed by atoms with Gasteiger partial charge < -0.3 is 0 Å². The SMILES string of the molecule is CC(C)C(=O)N/N=C/c1cccc(Cl)c1Cl. The second-order valence-corrected chi connectivity index (χ2v) is 4.32. The molecule has 1 aromatic rings. The third kappa shape index (κ3) is 3.51. The van der Waals surface area contributed by atoms with Crippen LogP contribution in [0.5, 0.6) is 0 Å². The minimum atomic E-state index is -0.144. The maximum absolute atomic E-state index is 11.2. The molecule has 0 fully saturated rings. The maximum Gasteiger partial charge on any atom is 0.242 e. The zero-order valence-electron chi connectivity index (χ0n) is 9.00. The number of carbonyl (C=O) groups is 1. The van der Waals surface area contributed by atoms with Crippen LogP contribution < -0.4 is 5.43 Å². The minimum Gasteiger partial charge on any atom is -0.273 e. The molecule has 0 saturated carbocycles. The summed E-state index contributed by atoms with van der Waals surface area (Å²) >= 11 is 11.8. The second-order valence-electron chi connectivity index (χ2n) is 3.53. The Morgan fingerprint density at radius 1 is 1.44 bits per heavy atom. The highest BCUT2D eigenvalue weighted by Crippen LogP contribution is 2.23. The van der Waals surface area contributed by atoms with Crippen LogP contribution in [-0.2, 0) is 4.79 Å². The second kappa shape index (κ2) is 5.87. The van der Waals surface area contributed by atoms with Crippen LogP contribution in [0.2, 0.25) is 10.0 Å². The van der Waals surface area contributed by atoms with E-state index in [9.17, 15) is 4.79 Å². The molecule has 0 bridgehead atoms. The van der Waals surface area contributed by atoms with Crippen molar-refractivity contribution in [2.24, 2.45) is 11.0 Å². The van der Waals surface area contributed by atoms with Crippen LogP contribution in [0.3, 0.4) is 0 Å². The zero-order valence-corrected chi connectivity index (χ0v) is 10.5. The Hall–Kier alpha value is -1.06. The number of nitrogens with zero attached hydrogens (tertiary/aromatic N) is 1. The highest BCUT2D eigenvalue weighted by Gasteiger charge is 2.04. The first kappa shape index (κ1) is 13.0. The third-order valence-electron chi connectivity index (χ3n) is 1.88. The number of benzene rings is 1. The van der Waals surface area contributed by atoms with Crippen LogP contribution in [0.1, 0.15) is 19.4 Å². The normalized spacial score (nSPS) is 11.1. The van der Waals surface area contributed by atoms with Gasteiger partial charge in [0.1, 0.15) is 0 Å². The van der Waals surface area contributed by atoms with E-state index in [-0.39, 0.29) is 11.8 Å². The van der Waals surface area contributed by atoms with Crippen molar-refractivity contribution < 1.29 is 4.79 Å². The average Bonchev–Trinajstić information content (AvgIpc) is 2.24. The first-order valence-corrected chi connectivity index (χ1v) is 5.55. The van der Waals surface area contributed by atoms with E-state index in [4.69, 9.17) is 23.2 Å². The Morgan fingerprint density at radius 3 is 2.75 bits per heavy atom. The number of carbonyl (C=O) groups excluding carboxylic acids is 1. The summed E-state index contributed by atoms with van der Waals surface area (Å²) in [5.41, 5.74) is 3.07. The van der Waals surface area contributed by atoms with Crippen molar-refractivity contribution in [3.63, 3.8) is 0 Å². The van der Waals surface area contributed by atoms with Crippen molar-refractivity contribution >= 4 is 35.3 Å². The van der Waals surface area contributed by atoms with Gasteiger partial charge in [-0.3, -0.25) is 4.79 Å². The van der Waals surface area contributed by atoms with Gasteiger partial charge in [0.25, 0.3) is 0 Å². The molecule has 0 radical (unpaired) electrons. The largest absolute Gasteiger partial charge is 0.273 e. The summed E-state index contributed by atoms with van der Waals surface area (Å²) in [5, 5.41) is 4.68. The number of rotatable bonds is 3. The van der Waals surface area contributed by atoms with Gasteiger partial charge in [0, 0.05) is 11.5 Å². The number of amides is 1. The summed E-state index contributed by atoms with van der Waals surface area (Å²) in [7, 11) is 0. The lowest BCUT2D eigenvalue weighted by molar-refractivity contribution is -0.123. The van der Waals surface area contributed by atoms with Gasteiger partial charge in [-0.15, -0.1) is 0 Å². The van der Waals surface area contributed by atoms with Crippen LogP contribution in [0, 0.1) is 5.92 Å². The standard InChI is InChI=1S/C11H12Cl2N2O/c1-7(2)11(16)15-14-6-8-4-3-5-9(12)10(8)13/h3-7H,1-2H3,(H,15,16)/b14-6+. The van der Waals surface area contributed by atoms with Gasteiger partial charge in [-0.25, -0.2) is 5.43 Å². The van der Waals surface area contributed by atoms with Crippen LogP contribution in [0.15, 0.2) is 23.3 Å². The van der Waals surface area contributed by atoms with Crippen molar-refractivity contribution in [3.05, 3.63) is 33.8 Å². The summed E-state index contributed by atoms with van der Waals surface area (Å²) < 4.78 is 0. The zero-order chi connectivity index (χ0) is 12.1. The van der Waals surface area contributed by atoms with E-state index >= 15 is 0 Å². The van der Waals surface area contributed by atoms with E-state index in [1.54, 1.807) is 32.0 Å². The molecule has 0 saturated heterocycles. The molecule has 86 valence electrons. The number of halogens is 2. The number of hydrazone groups is 1. The fraction of sp³-hybridized carbons (Fsp3) is 0.273. The van der Waals surface area contributed by atoms with Gasteiger partial charge >= 0.3 is 0 Å². The third-order valence-corrected chi connectivity index (χ3v) is 2.72. The predicted molar refractivity (Wildman–Crippen MR) is 67.0 cm³/mol. The van der Waals surface area contributed by atoms with Gasteiger partial charge in [0.15, 0.2) is 0 Å². The predicted octanol–water partition coefficient (Wildman–Crippen LogP) is 3.10. The quantitative estimate of drug-likeness (QED) is 0.657. The molecule has 0 aliphatic rings. The molecule has 3 nitrogen and oxygen atoms in total. The smallest absolute Gasteiger partial charge is 0.242 e. The van der Waals surface area contributed by atoms with E-state index in [1.165, 1.54) is 6.21 Å². The lowest BCUT2D eigenvalue weighted by Crippen LogP contribution is -2.22. The molecule has 0 heterocycles. The van der Waals surface area contributed by atoms with Crippen molar-refractivity contribution in [3.8, 4) is 0 Å². The van der Waals surface area contributed by atoms with Crippen molar-refractivity contribution in [2.75, 3.05) is 0 Å². The van der Waals surface area contributed by atoms with Gasteiger partial charge in [-0.05, 0) is 6.07 Å². The fourth-order valence-electron chi connectivity index (χ4n) is 0.915. The molecule has 0 aliphatic carbocycles. The Labute approximate surface area is 104 Å². The molecule has 0 atom stereocenters. The molecule has 0 aromatic heterocycles. The average molecular weight is 259 g/mol. The van der Waals surface area contributed by atoms with Gasteiger partial charge in [0.05, 0.1) is 16.3 Å². The highest BCUT2D eigenvalue weighted by molar-refractivity contribution is 6.43. The summed E-state index contributed by atoms with van der Waals surface area (Å²) in [4.78, 5) is 11.2. The Morgan fingerprint density at radius 2 is 2.12 bits per heavy atom. The molecule has 0 aliphatic heterocycles. The van der Waals surface area contributed by atoms with Crippen LogP contribution in [0.4, 0.5) is 0 Å². The van der Waals surface area contributed by atoms with Crippen molar-refractivity contribution in [2.45, 2.75) is 13.8 Å². The number of hydrogen-bond acceptors (Lipinski definition) is 2. The molecule has 1 rings (SSSR count). The Bertz CT molecular complexity index is 416. The van der Waals surface area contributed by atoms with Gasteiger partial charge in [-0.1, -0.05) is 49.2 Å². The number of hydrogen-bond donors (Lipinski definition) is 1. The van der Waals surface area contributed by atoms with E-state index in [0.29, 0.717) is 15.6 Å². The van der Waals surface area contributed by atoms with Crippen molar-refractivity contribution in [1.29, 1.82) is 0 Å². The fourth-order valence-corrected chi connectivity index (χ4v) is 1.27. The summed E-state index contributed by atoms with van der Waals surface area (Å²) in [5.74, 6) is -0.249. The molecular formula is C11H12Cl2N2O. The van der Waals surface area contributed by atoms with Crippen LogP contribution in [-0.4, -0.2) is 12.1 Å². The molecule has 16 heavy (non-hydrogen) atoms. The first-order valence-electron chi connectivity index (χ1n) is 4.79. The molecule has 1 amide bonds. The van der Waals surface area contributed by atoms with E-state index < -0.39 is 0 Å². The summed E-state index contributed by atoms with van der Waals surface area (Å²) in [6, 6.07) is 5.22. The van der Waals surface area contributed by atoms with Crippen molar-refractivity contribution in [1.82, 2.24) is 5.43 Å². The number of nitrogens with one attached hydrogen (secondary N) is 1. The van der Waals surface area contributed by atoms with E-state index in [0.717, 1.165) is 0 Å². The van der Waals surface area contributed by atoms with E-state index in [1.807, 2.05) is 0 Å². The van der Waals surface area contributed by atoms with Gasteiger partial charge in [0.2, 0.25) is 5.91 Å². The first-order chi connectivity index (χ1) is 7.52. The molecule has 0 unspecified atom stereocenters. The van der Waals surface area contributed by atoms with Gasteiger partial charge in [-0.2, -0.15) is 5.10 Å². The Balaban J connectivity index is 2.70. The van der Waals surface area contributed by atoms with Crippen LogP contribution >= 0.6 is 23.2 Å². The highest BCUT2D eigenvalue weighted by atomic mass is 35.5. The maximum atomic E-state index is 11.2. The molecule has 5 heteroatoms. The molecule has 1 N–H and O–H groups in total. The monoisotopic (exact) mass is 258 g/mol. The lowest BCUT2D eigenvalue weighted by atomic mass is 10.2. The molecular weight excluding hydrogens is 247 g/mol. The topological polar surface area (TPSA) is 41.5 Å². The summed E-state index contributed by atoms with van der Waals surface area (Å²) in [6.45, 7) is 3.58. The Kier molecular flexibility index (Phi) is 4.77. The van der Waals surface area contributed by atoms with E-state index in [2.05, 4.69) is 10.5 Å².